The Hall–Kier alpha value is -1.52. The minimum atomic E-state index is -0.266. The molecule has 1 heterocycles. The average molecular weight is 210 g/mol. The Balaban J connectivity index is 2.45. The molecular weight excluding hydrogens is 192 g/mol. The smallest absolute Gasteiger partial charge is 0.242 e. The summed E-state index contributed by atoms with van der Waals surface area (Å²) in [6.07, 6.45) is 4.47. The van der Waals surface area contributed by atoms with Crippen LogP contribution in [0.5, 0.6) is 0 Å². The summed E-state index contributed by atoms with van der Waals surface area (Å²) < 4.78 is 1.84. The Morgan fingerprint density at radius 3 is 2.93 bits per heavy atom. The van der Waals surface area contributed by atoms with Crippen LogP contribution in [0.4, 0.5) is 5.95 Å². The first-order valence-electron chi connectivity index (χ1n) is 5.16. The van der Waals surface area contributed by atoms with Crippen molar-refractivity contribution in [2.45, 2.75) is 26.3 Å². The molecule has 0 bridgehead atoms. The van der Waals surface area contributed by atoms with Crippen LogP contribution in [0.3, 0.4) is 0 Å². The van der Waals surface area contributed by atoms with E-state index in [1.807, 2.05) is 31.7 Å². The lowest BCUT2D eigenvalue weighted by Gasteiger charge is -2.14. The molecule has 0 fully saturated rings. The van der Waals surface area contributed by atoms with Gasteiger partial charge in [0.05, 0.1) is 0 Å². The number of aryl methyl sites for hydroxylation is 1. The predicted molar refractivity (Wildman–Crippen MR) is 59.6 cm³/mol. The fourth-order valence-corrected chi connectivity index (χ4v) is 1.17. The molecule has 0 aromatic carbocycles. The summed E-state index contributed by atoms with van der Waals surface area (Å²) >= 11 is 0. The Labute approximate surface area is 89.9 Å². The van der Waals surface area contributed by atoms with Crippen molar-refractivity contribution >= 4 is 11.9 Å². The van der Waals surface area contributed by atoms with Gasteiger partial charge in [0.15, 0.2) is 0 Å². The Morgan fingerprint density at radius 1 is 1.67 bits per heavy atom. The van der Waals surface area contributed by atoms with E-state index >= 15 is 0 Å². The van der Waals surface area contributed by atoms with Gasteiger partial charge in [-0.1, -0.05) is 6.92 Å². The Kier molecular flexibility index (Phi) is 4.15. The lowest BCUT2D eigenvalue weighted by atomic mass is 10.3. The predicted octanol–water partition coefficient (Wildman–Crippen LogP) is 0.747. The van der Waals surface area contributed by atoms with Crippen LogP contribution >= 0.6 is 0 Å². The van der Waals surface area contributed by atoms with Crippen molar-refractivity contribution in [1.82, 2.24) is 14.9 Å². The summed E-state index contributed by atoms with van der Waals surface area (Å²) in [7, 11) is 1.88. The van der Waals surface area contributed by atoms with Crippen LogP contribution in [0, 0.1) is 0 Å². The molecule has 1 aromatic rings. The van der Waals surface area contributed by atoms with E-state index in [-0.39, 0.29) is 11.9 Å². The van der Waals surface area contributed by atoms with Crippen molar-refractivity contribution in [2.24, 2.45) is 7.05 Å². The van der Waals surface area contributed by atoms with E-state index in [9.17, 15) is 4.79 Å². The van der Waals surface area contributed by atoms with Gasteiger partial charge in [-0.05, 0) is 13.3 Å². The van der Waals surface area contributed by atoms with Crippen LogP contribution in [0.15, 0.2) is 12.4 Å². The van der Waals surface area contributed by atoms with E-state index in [2.05, 4.69) is 15.6 Å². The van der Waals surface area contributed by atoms with E-state index in [1.54, 1.807) is 6.20 Å². The molecule has 1 unspecified atom stereocenters. The van der Waals surface area contributed by atoms with Crippen molar-refractivity contribution in [3.63, 3.8) is 0 Å². The van der Waals surface area contributed by atoms with Crippen molar-refractivity contribution in [2.75, 3.05) is 11.9 Å². The van der Waals surface area contributed by atoms with Gasteiger partial charge in [-0.2, -0.15) is 0 Å². The quantitative estimate of drug-likeness (QED) is 0.754. The van der Waals surface area contributed by atoms with Gasteiger partial charge in [-0.25, -0.2) is 4.98 Å². The summed E-state index contributed by atoms with van der Waals surface area (Å²) in [5, 5.41) is 5.86. The molecule has 0 radical (unpaired) electrons. The van der Waals surface area contributed by atoms with Crippen LogP contribution in [0.1, 0.15) is 20.3 Å². The van der Waals surface area contributed by atoms with Crippen LogP contribution in [-0.2, 0) is 11.8 Å². The monoisotopic (exact) mass is 210 g/mol. The van der Waals surface area contributed by atoms with Gasteiger partial charge in [0.1, 0.15) is 6.04 Å². The number of nitrogens with one attached hydrogen (secondary N) is 2. The minimum absolute atomic E-state index is 0.000139. The molecule has 15 heavy (non-hydrogen) atoms. The van der Waals surface area contributed by atoms with Gasteiger partial charge in [0.2, 0.25) is 11.9 Å². The Bertz CT molecular complexity index is 321. The van der Waals surface area contributed by atoms with E-state index in [0.717, 1.165) is 6.42 Å². The van der Waals surface area contributed by atoms with Crippen molar-refractivity contribution in [3.8, 4) is 0 Å². The molecule has 0 aliphatic heterocycles. The highest BCUT2D eigenvalue weighted by Gasteiger charge is 2.12. The highest BCUT2D eigenvalue weighted by Crippen LogP contribution is 2.02. The van der Waals surface area contributed by atoms with Gasteiger partial charge in [0, 0.05) is 26.0 Å². The maximum Gasteiger partial charge on any atom is 0.242 e. The van der Waals surface area contributed by atoms with Gasteiger partial charge in [0.25, 0.3) is 0 Å². The number of amides is 1. The van der Waals surface area contributed by atoms with Gasteiger partial charge in [-0.15, -0.1) is 0 Å². The Morgan fingerprint density at radius 2 is 2.40 bits per heavy atom. The van der Waals surface area contributed by atoms with Crippen molar-refractivity contribution in [1.29, 1.82) is 0 Å². The summed E-state index contributed by atoms with van der Waals surface area (Å²) in [5.74, 6) is 0.703. The molecule has 0 saturated heterocycles. The zero-order valence-electron chi connectivity index (χ0n) is 9.45. The van der Waals surface area contributed by atoms with Crippen LogP contribution in [0.2, 0.25) is 0 Å². The average Bonchev–Trinajstić information content (AvgIpc) is 2.61. The summed E-state index contributed by atoms with van der Waals surface area (Å²) in [6.45, 7) is 4.56. The number of hydrogen-bond acceptors (Lipinski definition) is 3. The molecule has 2 N–H and O–H groups in total. The summed E-state index contributed by atoms with van der Waals surface area (Å²) in [5.41, 5.74) is 0. The topological polar surface area (TPSA) is 59.0 Å². The van der Waals surface area contributed by atoms with Crippen molar-refractivity contribution < 1.29 is 4.79 Å². The third-order valence-electron chi connectivity index (χ3n) is 2.11. The molecule has 0 aliphatic rings. The van der Waals surface area contributed by atoms with Crippen molar-refractivity contribution in [3.05, 3.63) is 12.4 Å². The molecule has 0 aliphatic carbocycles. The van der Waals surface area contributed by atoms with E-state index in [4.69, 9.17) is 0 Å². The number of imidazole rings is 1. The largest absolute Gasteiger partial charge is 0.354 e. The molecular formula is C10H18N4O. The lowest BCUT2D eigenvalue weighted by molar-refractivity contribution is -0.121. The molecule has 5 nitrogen and oxygen atoms in total. The standard InChI is InChI=1S/C10H18N4O/c1-4-5-11-9(15)8(2)13-10-12-6-7-14(10)3/h6-8H,4-5H2,1-3H3,(H,11,15)(H,12,13). The fourth-order valence-electron chi connectivity index (χ4n) is 1.17. The summed E-state index contributed by atoms with van der Waals surface area (Å²) in [4.78, 5) is 15.6. The second-order valence-corrected chi connectivity index (χ2v) is 3.52. The first-order valence-corrected chi connectivity index (χ1v) is 5.16. The molecule has 5 heteroatoms. The second-order valence-electron chi connectivity index (χ2n) is 3.52. The molecule has 1 amide bonds. The van der Waals surface area contributed by atoms with Gasteiger partial charge >= 0.3 is 0 Å². The molecule has 84 valence electrons. The number of hydrogen-bond donors (Lipinski definition) is 2. The number of aromatic nitrogens is 2. The second kappa shape index (κ2) is 5.38. The number of anilines is 1. The zero-order chi connectivity index (χ0) is 11.3. The number of rotatable bonds is 5. The van der Waals surface area contributed by atoms with Crippen LogP contribution < -0.4 is 10.6 Å². The first kappa shape index (κ1) is 11.6. The third kappa shape index (κ3) is 3.27. The first-order chi connectivity index (χ1) is 7.15. The maximum absolute atomic E-state index is 11.5. The lowest BCUT2D eigenvalue weighted by Crippen LogP contribution is -2.38. The summed E-state index contributed by atoms with van der Waals surface area (Å²) in [6, 6.07) is -0.266. The van der Waals surface area contributed by atoms with Gasteiger partial charge < -0.3 is 15.2 Å². The third-order valence-corrected chi connectivity index (χ3v) is 2.11. The minimum Gasteiger partial charge on any atom is -0.354 e. The highest BCUT2D eigenvalue weighted by molar-refractivity contribution is 5.83. The van der Waals surface area contributed by atoms with Gasteiger partial charge in [-0.3, -0.25) is 4.79 Å². The normalized spacial score (nSPS) is 12.2. The maximum atomic E-state index is 11.5. The molecule has 1 rings (SSSR count). The van der Waals surface area contributed by atoms with Crippen LogP contribution in [0.25, 0.3) is 0 Å². The molecule has 1 atom stereocenters. The SMILES string of the molecule is CCCNC(=O)C(C)Nc1nccn1C. The number of carbonyl (C=O) groups excluding carboxylic acids is 1. The molecule has 0 saturated carbocycles. The molecule has 1 aromatic heterocycles. The van der Waals surface area contributed by atoms with E-state index in [1.165, 1.54) is 0 Å². The number of carbonyl (C=O) groups is 1. The van der Waals surface area contributed by atoms with Crippen LogP contribution in [-0.4, -0.2) is 28.0 Å². The van der Waals surface area contributed by atoms with E-state index in [0.29, 0.717) is 12.5 Å². The zero-order valence-corrected chi connectivity index (χ0v) is 9.45. The fraction of sp³-hybridized carbons (Fsp3) is 0.600. The highest BCUT2D eigenvalue weighted by atomic mass is 16.2. The van der Waals surface area contributed by atoms with E-state index < -0.39 is 0 Å². The number of nitrogens with zero attached hydrogens (tertiary/aromatic N) is 2. The molecule has 0 spiro atoms.